The summed E-state index contributed by atoms with van der Waals surface area (Å²) in [5, 5.41) is 4.26. The molecule has 0 radical (unpaired) electrons. The van der Waals surface area contributed by atoms with Gasteiger partial charge in [0.1, 0.15) is 0 Å². The van der Waals surface area contributed by atoms with Gasteiger partial charge in [-0.15, -0.1) is 0 Å². The number of aromatic nitrogens is 1. The minimum atomic E-state index is -0.0869. The lowest BCUT2D eigenvalue weighted by atomic mass is 9.87. The van der Waals surface area contributed by atoms with Crippen LogP contribution in [0.3, 0.4) is 0 Å². The molecule has 2 aromatic carbocycles. The second-order valence-corrected chi connectivity index (χ2v) is 7.41. The summed E-state index contributed by atoms with van der Waals surface area (Å²) in [7, 11) is 0. The standard InChI is InChI=1S/C23H26N2O2/c1-3-27-14-16-7-4-5-10-20(16)25-23(26)18-9-6-8-17-19-13-15(2)11-12-21(19)24-22(17)18/h4-10,15,24H,3,11-14H2,1-2H3,(H,25,26). The molecule has 1 atom stereocenters. The van der Waals surface area contributed by atoms with Crippen LogP contribution in [-0.2, 0) is 24.2 Å². The number of benzene rings is 2. The summed E-state index contributed by atoms with van der Waals surface area (Å²) in [6.45, 7) is 5.41. The monoisotopic (exact) mass is 362 g/mol. The van der Waals surface area contributed by atoms with Crippen LogP contribution in [0.15, 0.2) is 42.5 Å². The van der Waals surface area contributed by atoms with Crippen molar-refractivity contribution in [2.75, 3.05) is 11.9 Å². The maximum atomic E-state index is 13.1. The Bertz CT molecular complexity index is 974. The second-order valence-electron chi connectivity index (χ2n) is 7.41. The number of fused-ring (bicyclic) bond motifs is 3. The van der Waals surface area contributed by atoms with Crippen molar-refractivity contribution in [1.82, 2.24) is 4.98 Å². The molecule has 1 aromatic heterocycles. The SMILES string of the molecule is CCOCc1ccccc1NC(=O)c1cccc2c3c([nH]c12)CCC(C)C3. The Labute approximate surface area is 159 Å². The number of hydrogen-bond donors (Lipinski definition) is 2. The first-order valence-corrected chi connectivity index (χ1v) is 9.76. The summed E-state index contributed by atoms with van der Waals surface area (Å²) in [5.74, 6) is 0.607. The van der Waals surface area contributed by atoms with E-state index in [-0.39, 0.29) is 5.91 Å². The smallest absolute Gasteiger partial charge is 0.257 e. The van der Waals surface area contributed by atoms with Gasteiger partial charge in [-0.2, -0.15) is 0 Å². The highest BCUT2D eigenvalue weighted by Gasteiger charge is 2.22. The van der Waals surface area contributed by atoms with Crippen molar-refractivity contribution in [1.29, 1.82) is 0 Å². The molecule has 0 fully saturated rings. The fraction of sp³-hybridized carbons (Fsp3) is 0.348. The predicted molar refractivity (Wildman–Crippen MR) is 109 cm³/mol. The Balaban J connectivity index is 1.66. The Morgan fingerprint density at radius 2 is 2.07 bits per heavy atom. The first-order valence-electron chi connectivity index (χ1n) is 9.76. The quantitative estimate of drug-likeness (QED) is 0.665. The molecule has 3 aromatic rings. The molecule has 0 saturated heterocycles. The molecule has 1 heterocycles. The van der Waals surface area contributed by atoms with Gasteiger partial charge in [0.15, 0.2) is 0 Å². The van der Waals surface area contributed by atoms with Crippen LogP contribution in [-0.4, -0.2) is 17.5 Å². The average Bonchev–Trinajstić information content (AvgIpc) is 3.05. The van der Waals surface area contributed by atoms with Gasteiger partial charge in [-0.25, -0.2) is 0 Å². The van der Waals surface area contributed by atoms with Gasteiger partial charge in [-0.1, -0.05) is 37.3 Å². The molecule has 27 heavy (non-hydrogen) atoms. The molecule has 140 valence electrons. The second kappa shape index (κ2) is 7.57. The fourth-order valence-electron chi connectivity index (χ4n) is 3.97. The first kappa shape index (κ1) is 17.8. The third kappa shape index (κ3) is 3.50. The number of aryl methyl sites for hydroxylation is 1. The topological polar surface area (TPSA) is 54.1 Å². The number of hydrogen-bond acceptors (Lipinski definition) is 2. The van der Waals surface area contributed by atoms with Gasteiger partial charge in [0.05, 0.1) is 17.7 Å². The highest BCUT2D eigenvalue weighted by Crippen LogP contribution is 2.33. The van der Waals surface area contributed by atoms with E-state index in [9.17, 15) is 4.79 Å². The van der Waals surface area contributed by atoms with E-state index in [0.717, 1.165) is 29.6 Å². The molecule has 0 bridgehead atoms. The lowest BCUT2D eigenvalue weighted by molar-refractivity contribution is 0.102. The minimum Gasteiger partial charge on any atom is -0.377 e. The van der Waals surface area contributed by atoms with Crippen LogP contribution < -0.4 is 5.32 Å². The maximum Gasteiger partial charge on any atom is 0.257 e. The summed E-state index contributed by atoms with van der Waals surface area (Å²) < 4.78 is 5.53. The lowest BCUT2D eigenvalue weighted by Gasteiger charge is -2.17. The van der Waals surface area contributed by atoms with E-state index < -0.39 is 0 Å². The van der Waals surface area contributed by atoms with Gasteiger partial charge in [0.2, 0.25) is 0 Å². The van der Waals surface area contributed by atoms with Crippen LogP contribution in [0.5, 0.6) is 0 Å². The molecule has 4 nitrogen and oxygen atoms in total. The van der Waals surface area contributed by atoms with Crippen LogP contribution in [0.1, 0.15) is 47.4 Å². The van der Waals surface area contributed by atoms with E-state index in [1.165, 1.54) is 23.1 Å². The van der Waals surface area contributed by atoms with E-state index >= 15 is 0 Å². The number of nitrogens with one attached hydrogen (secondary N) is 2. The fourth-order valence-corrected chi connectivity index (χ4v) is 3.97. The summed E-state index contributed by atoms with van der Waals surface area (Å²) in [6, 6.07) is 13.8. The van der Waals surface area contributed by atoms with E-state index in [2.05, 4.69) is 23.3 Å². The summed E-state index contributed by atoms with van der Waals surface area (Å²) in [5.41, 5.74) is 6.12. The number of anilines is 1. The molecular weight excluding hydrogens is 336 g/mol. The number of rotatable bonds is 5. The molecule has 4 rings (SSSR count). The number of carbonyl (C=O) groups excluding carboxylic acids is 1. The van der Waals surface area contributed by atoms with Gasteiger partial charge in [0, 0.05) is 28.9 Å². The van der Waals surface area contributed by atoms with E-state index in [0.29, 0.717) is 24.7 Å². The van der Waals surface area contributed by atoms with Crippen LogP contribution in [0.25, 0.3) is 10.9 Å². The van der Waals surface area contributed by atoms with Crippen LogP contribution in [0, 0.1) is 5.92 Å². The van der Waals surface area contributed by atoms with Crippen LogP contribution in [0.2, 0.25) is 0 Å². The van der Waals surface area contributed by atoms with Crippen molar-refractivity contribution in [3.8, 4) is 0 Å². The zero-order chi connectivity index (χ0) is 18.8. The molecule has 4 heteroatoms. The minimum absolute atomic E-state index is 0.0869. The van der Waals surface area contributed by atoms with Crippen LogP contribution in [0.4, 0.5) is 5.69 Å². The van der Waals surface area contributed by atoms with E-state index in [4.69, 9.17) is 4.74 Å². The summed E-state index contributed by atoms with van der Waals surface area (Å²) in [6.07, 6.45) is 3.34. The third-order valence-electron chi connectivity index (χ3n) is 5.44. The molecule has 0 spiro atoms. The molecule has 0 saturated carbocycles. The average molecular weight is 362 g/mol. The molecule has 0 aliphatic heterocycles. The zero-order valence-electron chi connectivity index (χ0n) is 16.0. The largest absolute Gasteiger partial charge is 0.377 e. The van der Waals surface area contributed by atoms with Crippen molar-refractivity contribution in [2.24, 2.45) is 5.92 Å². The Kier molecular flexibility index (Phi) is 4.99. The molecule has 2 N–H and O–H groups in total. The van der Waals surface area contributed by atoms with Crippen molar-refractivity contribution >= 4 is 22.5 Å². The van der Waals surface area contributed by atoms with Crippen molar-refractivity contribution in [2.45, 2.75) is 39.7 Å². The number of H-pyrrole nitrogens is 1. The van der Waals surface area contributed by atoms with Gasteiger partial charge < -0.3 is 15.0 Å². The number of carbonyl (C=O) groups is 1. The molecule has 1 aliphatic rings. The van der Waals surface area contributed by atoms with Crippen LogP contribution >= 0.6 is 0 Å². The normalized spacial score (nSPS) is 16.3. The van der Waals surface area contributed by atoms with Gasteiger partial charge in [-0.05, 0) is 49.8 Å². The van der Waals surface area contributed by atoms with Gasteiger partial charge in [0.25, 0.3) is 5.91 Å². The number of amides is 1. The number of ether oxygens (including phenoxy) is 1. The molecule has 1 aliphatic carbocycles. The summed E-state index contributed by atoms with van der Waals surface area (Å²) in [4.78, 5) is 16.6. The third-order valence-corrected chi connectivity index (χ3v) is 5.44. The highest BCUT2D eigenvalue weighted by atomic mass is 16.5. The Morgan fingerprint density at radius 1 is 1.22 bits per heavy atom. The molecular formula is C23H26N2O2. The Morgan fingerprint density at radius 3 is 2.93 bits per heavy atom. The lowest BCUT2D eigenvalue weighted by Crippen LogP contribution is -2.14. The van der Waals surface area contributed by atoms with E-state index in [1.54, 1.807) is 0 Å². The predicted octanol–water partition coefficient (Wildman–Crippen LogP) is 5.08. The van der Waals surface area contributed by atoms with E-state index in [1.807, 2.05) is 43.3 Å². The Hall–Kier alpha value is -2.59. The summed E-state index contributed by atoms with van der Waals surface area (Å²) >= 11 is 0. The zero-order valence-corrected chi connectivity index (χ0v) is 16.0. The molecule has 1 amide bonds. The number of para-hydroxylation sites is 2. The van der Waals surface area contributed by atoms with Crippen molar-refractivity contribution in [3.05, 3.63) is 64.8 Å². The van der Waals surface area contributed by atoms with Crippen molar-refractivity contribution < 1.29 is 9.53 Å². The number of aromatic amines is 1. The molecule has 1 unspecified atom stereocenters. The van der Waals surface area contributed by atoms with Gasteiger partial charge in [-0.3, -0.25) is 4.79 Å². The first-order chi connectivity index (χ1) is 13.2. The highest BCUT2D eigenvalue weighted by molar-refractivity contribution is 6.12. The van der Waals surface area contributed by atoms with Gasteiger partial charge >= 0.3 is 0 Å². The maximum absolute atomic E-state index is 13.1. The van der Waals surface area contributed by atoms with Crippen molar-refractivity contribution in [3.63, 3.8) is 0 Å².